The van der Waals surface area contributed by atoms with Crippen molar-refractivity contribution in [1.82, 2.24) is 0 Å². The molecular formula is C28H24Cl2Zr-2. The Bertz CT molecular complexity index is 1020. The quantitative estimate of drug-likeness (QED) is 0.346. The summed E-state index contributed by atoms with van der Waals surface area (Å²) >= 11 is 1.46. The molecule has 1 aliphatic carbocycles. The largest absolute Gasteiger partial charge is 0.168 e. The van der Waals surface area contributed by atoms with Gasteiger partial charge in [-0.3, -0.25) is 6.08 Å². The minimum Gasteiger partial charge on any atom is -0.168 e. The first-order chi connectivity index (χ1) is 14.2. The predicted octanol–water partition coefficient (Wildman–Crippen LogP) is 1.06. The van der Waals surface area contributed by atoms with Gasteiger partial charge in [-0.05, 0) is 0 Å². The molecule has 156 valence electrons. The number of benzene rings is 3. The van der Waals surface area contributed by atoms with Crippen LogP contribution < -0.4 is 24.8 Å². The number of hydrogen-bond acceptors (Lipinski definition) is 0. The van der Waals surface area contributed by atoms with E-state index in [-0.39, 0.29) is 24.8 Å². The molecule has 0 heterocycles. The van der Waals surface area contributed by atoms with Crippen LogP contribution in [0.3, 0.4) is 0 Å². The number of fused-ring (bicyclic) bond motifs is 1. The smallest absolute Gasteiger partial charge is 0.0809 e. The van der Waals surface area contributed by atoms with Gasteiger partial charge in [0.25, 0.3) is 0 Å². The van der Waals surface area contributed by atoms with E-state index in [0.717, 1.165) is 6.42 Å². The molecule has 5 rings (SSSR count). The fraction of sp³-hybridized carbons (Fsp3) is 0.0714. The van der Waals surface area contributed by atoms with Crippen molar-refractivity contribution >= 4 is 14.0 Å². The van der Waals surface area contributed by atoms with Crippen molar-refractivity contribution in [1.29, 1.82) is 0 Å². The predicted molar refractivity (Wildman–Crippen MR) is 122 cm³/mol. The average molecular weight is 523 g/mol. The first kappa shape index (κ1) is 27.1. The fourth-order valence-electron chi connectivity index (χ4n) is 2.96. The average Bonchev–Trinajstić information content (AvgIpc) is 3.47. The maximum absolute atomic E-state index is 3.12. The molecule has 0 saturated heterocycles. The summed E-state index contributed by atoms with van der Waals surface area (Å²) in [6.07, 6.45) is 8.33. The molecule has 0 atom stereocenters. The number of halogens is 2. The first-order valence-corrected chi connectivity index (χ1v) is 11.0. The van der Waals surface area contributed by atoms with E-state index in [2.05, 4.69) is 128 Å². The molecule has 0 fully saturated rings. The molecule has 31 heavy (non-hydrogen) atoms. The van der Waals surface area contributed by atoms with Crippen LogP contribution in [0.5, 0.6) is 0 Å². The summed E-state index contributed by atoms with van der Waals surface area (Å²) in [4.78, 5) is 0. The fourth-order valence-corrected chi connectivity index (χ4v) is 3.78. The summed E-state index contributed by atoms with van der Waals surface area (Å²) in [5, 5.41) is 2.66. The number of hydrogen-bond donors (Lipinski definition) is 0. The van der Waals surface area contributed by atoms with Crippen LogP contribution in [0.2, 0.25) is 0 Å². The Morgan fingerprint density at radius 2 is 1.32 bits per heavy atom. The van der Waals surface area contributed by atoms with Crippen LogP contribution in [0, 0.1) is 6.08 Å². The van der Waals surface area contributed by atoms with Crippen molar-refractivity contribution in [2.75, 3.05) is 0 Å². The minimum absolute atomic E-state index is 0. The Labute approximate surface area is 213 Å². The van der Waals surface area contributed by atoms with Crippen LogP contribution in [-0.2, 0) is 24.2 Å². The summed E-state index contributed by atoms with van der Waals surface area (Å²) in [5.41, 5.74) is 3.93. The zero-order valence-electron chi connectivity index (χ0n) is 17.4. The molecule has 0 aliphatic heterocycles. The summed E-state index contributed by atoms with van der Waals surface area (Å²) in [5.74, 6) is 0. The first-order valence-electron chi connectivity index (χ1n) is 9.78. The van der Waals surface area contributed by atoms with Gasteiger partial charge in [-0.15, -0.1) is 36.1 Å². The van der Waals surface area contributed by atoms with Crippen molar-refractivity contribution in [3.8, 4) is 0 Å². The van der Waals surface area contributed by atoms with Crippen molar-refractivity contribution in [3.05, 3.63) is 138 Å². The van der Waals surface area contributed by atoms with Crippen LogP contribution in [-0.4, -0.2) is 3.21 Å². The van der Waals surface area contributed by atoms with Gasteiger partial charge < -0.3 is 24.8 Å². The van der Waals surface area contributed by atoms with Gasteiger partial charge in [-0.2, -0.15) is 23.6 Å². The van der Waals surface area contributed by atoms with Gasteiger partial charge in [0.2, 0.25) is 0 Å². The molecule has 0 N–H and O–H groups in total. The Hall–Kier alpha value is -1.92. The Kier molecular flexibility index (Phi) is 13.1. The van der Waals surface area contributed by atoms with Gasteiger partial charge in [0.1, 0.15) is 0 Å². The molecule has 4 aromatic rings. The van der Waals surface area contributed by atoms with Crippen molar-refractivity contribution in [2.45, 2.75) is 13.3 Å². The van der Waals surface area contributed by atoms with Crippen molar-refractivity contribution < 1.29 is 49.0 Å². The minimum atomic E-state index is 0. The molecular weight excluding hydrogens is 498 g/mol. The van der Waals surface area contributed by atoms with E-state index < -0.39 is 0 Å². The van der Waals surface area contributed by atoms with Crippen LogP contribution >= 0.6 is 0 Å². The van der Waals surface area contributed by atoms with Gasteiger partial charge in [-0.1, -0.05) is 13.0 Å². The van der Waals surface area contributed by atoms with E-state index in [1.54, 1.807) is 0 Å². The van der Waals surface area contributed by atoms with Gasteiger partial charge in [-0.25, -0.2) is 11.6 Å². The van der Waals surface area contributed by atoms with Crippen LogP contribution in [0.25, 0.3) is 10.8 Å². The molecule has 0 nitrogen and oxygen atoms in total. The monoisotopic (exact) mass is 520 g/mol. The third-order valence-electron chi connectivity index (χ3n) is 4.54. The van der Waals surface area contributed by atoms with Crippen LogP contribution in [0.1, 0.15) is 24.5 Å². The third-order valence-corrected chi connectivity index (χ3v) is 5.96. The van der Waals surface area contributed by atoms with Gasteiger partial charge in [0.15, 0.2) is 0 Å². The van der Waals surface area contributed by atoms with Crippen molar-refractivity contribution in [3.63, 3.8) is 0 Å². The van der Waals surface area contributed by atoms with Crippen molar-refractivity contribution in [2.24, 2.45) is 0 Å². The number of rotatable bonds is 2. The summed E-state index contributed by atoms with van der Waals surface area (Å²) < 4.78 is 1.42. The second-order valence-electron chi connectivity index (χ2n) is 6.73. The van der Waals surface area contributed by atoms with Crippen LogP contribution in [0.4, 0.5) is 0 Å². The summed E-state index contributed by atoms with van der Waals surface area (Å²) in [7, 11) is 0. The molecule has 4 aromatic carbocycles. The zero-order chi connectivity index (χ0) is 20.3. The van der Waals surface area contributed by atoms with E-state index >= 15 is 0 Å². The standard InChI is InChI=1S/C13H10.C9H7.C6H7.2ClH.Zr/c1-3-7-12(8-4-1)11-13-9-5-2-6-10-13;1-2-5-9-7-3-6-8(9)4-1;1-6-4-2-3-5-6;;;/h1-10H;1-7H;2,4H,3H2,1H3;2*1H;/q;2*-1;;;+2/p-2. The molecule has 0 amide bonds. The molecule has 0 saturated carbocycles. The topological polar surface area (TPSA) is 0 Å². The van der Waals surface area contributed by atoms with Gasteiger partial charge >= 0.3 is 99.2 Å². The normalized spacial score (nSPS) is 11.0. The van der Waals surface area contributed by atoms with E-state index in [1.807, 2.05) is 0 Å². The zero-order valence-corrected chi connectivity index (χ0v) is 21.4. The molecule has 0 unspecified atom stereocenters. The molecule has 0 bridgehead atoms. The Morgan fingerprint density at radius 1 is 0.774 bits per heavy atom. The second-order valence-corrected chi connectivity index (χ2v) is 7.96. The third kappa shape index (κ3) is 9.00. The van der Waals surface area contributed by atoms with E-state index in [4.69, 9.17) is 0 Å². The SMILES string of the molecule is CC1=[C-]CC=C1.[Cl-].[Cl-].[Zr+2]=[C](c1ccccc1)c1ccccc1.c1ccc2[cH-]ccc2c1. The van der Waals surface area contributed by atoms with Gasteiger partial charge in [0.05, 0.1) is 0 Å². The summed E-state index contributed by atoms with van der Waals surface area (Å²) in [6, 6.07) is 35.8. The van der Waals surface area contributed by atoms with Crippen LogP contribution in [0.15, 0.2) is 121 Å². The molecule has 3 heteroatoms. The number of allylic oxidation sites excluding steroid dienone is 4. The summed E-state index contributed by atoms with van der Waals surface area (Å²) in [6.45, 7) is 2.06. The molecule has 0 radical (unpaired) electrons. The molecule has 1 aliphatic rings. The Morgan fingerprint density at radius 3 is 1.77 bits per heavy atom. The van der Waals surface area contributed by atoms with E-state index in [1.165, 1.54) is 54.9 Å². The molecule has 0 spiro atoms. The molecule has 0 aromatic heterocycles. The van der Waals surface area contributed by atoms with Gasteiger partial charge in [0, 0.05) is 0 Å². The van der Waals surface area contributed by atoms with E-state index in [0.29, 0.717) is 0 Å². The van der Waals surface area contributed by atoms with E-state index in [9.17, 15) is 0 Å². The maximum atomic E-state index is 3.12. The Balaban J connectivity index is 0.000000244. The maximum Gasteiger partial charge on any atom is -0.0809 e. The second kappa shape index (κ2) is 15.0.